The van der Waals surface area contributed by atoms with Crippen LogP contribution in [0.5, 0.6) is 0 Å². The number of amides is 1. The topological polar surface area (TPSA) is 78.5 Å². The Kier molecular flexibility index (Phi) is 7.46. The largest absolute Gasteiger partial charge is 0.376 e. The van der Waals surface area contributed by atoms with Gasteiger partial charge < -0.3 is 10.6 Å². The van der Waals surface area contributed by atoms with E-state index in [1.54, 1.807) is 28.6 Å². The number of carbonyl (C=O) groups is 1. The zero-order chi connectivity index (χ0) is 19.2. The van der Waals surface area contributed by atoms with Crippen LogP contribution in [0.25, 0.3) is 0 Å². The Morgan fingerprint density at radius 3 is 2.15 bits per heavy atom. The molecule has 0 bridgehead atoms. The molecule has 6 nitrogen and oxygen atoms in total. The van der Waals surface area contributed by atoms with Crippen molar-refractivity contribution in [2.24, 2.45) is 5.92 Å². The predicted octanol–water partition coefficient (Wildman–Crippen LogP) is 2.82. The molecule has 1 aromatic rings. The second-order valence-corrected chi connectivity index (χ2v) is 9.23. The zero-order valence-electron chi connectivity index (χ0n) is 16.0. The molecule has 2 N–H and O–H groups in total. The van der Waals surface area contributed by atoms with Gasteiger partial charge >= 0.3 is 0 Å². The number of hydrogen-bond donors (Lipinski definition) is 2. The highest BCUT2D eigenvalue weighted by Gasteiger charge is 2.24. The van der Waals surface area contributed by atoms with Gasteiger partial charge in [-0.25, -0.2) is 8.42 Å². The maximum Gasteiger partial charge on any atom is 0.243 e. The number of nitrogens with one attached hydrogen (secondary N) is 2. The van der Waals surface area contributed by atoms with Crippen LogP contribution >= 0.6 is 0 Å². The Balaban J connectivity index is 1.94. The molecule has 1 fully saturated rings. The molecule has 1 aliphatic rings. The second-order valence-electron chi connectivity index (χ2n) is 7.30. The summed E-state index contributed by atoms with van der Waals surface area (Å²) < 4.78 is 27.1. The smallest absolute Gasteiger partial charge is 0.243 e. The van der Waals surface area contributed by atoms with E-state index in [0.717, 1.165) is 31.4 Å². The van der Waals surface area contributed by atoms with E-state index < -0.39 is 10.0 Å². The molecule has 0 radical (unpaired) electrons. The summed E-state index contributed by atoms with van der Waals surface area (Å²) in [5.41, 5.74) is 0.729. The Morgan fingerprint density at radius 1 is 1.04 bits per heavy atom. The van der Waals surface area contributed by atoms with Gasteiger partial charge in [-0.2, -0.15) is 4.31 Å². The van der Waals surface area contributed by atoms with Gasteiger partial charge in [0.25, 0.3) is 0 Å². The van der Waals surface area contributed by atoms with Crippen molar-refractivity contribution in [3.05, 3.63) is 24.3 Å². The van der Waals surface area contributed by atoms with Crippen molar-refractivity contribution in [3.8, 4) is 0 Å². The first-order valence-corrected chi connectivity index (χ1v) is 10.9. The molecule has 1 amide bonds. The molecule has 7 heteroatoms. The lowest BCUT2D eigenvalue weighted by molar-refractivity contribution is -0.120. The van der Waals surface area contributed by atoms with Crippen molar-refractivity contribution >= 4 is 21.6 Å². The van der Waals surface area contributed by atoms with Gasteiger partial charge in [0, 0.05) is 24.8 Å². The van der Waals surface area contributed by atoms with Crippen LogP contribution < -0.4 is 10.6 Å². The third-order valence-electron chi connectivity index (χ3n) is 4.90. The van der Waals surface area contributed by atoms with Crippen LogP contribution in [0.3, 0.4) is 0 Å². The van der Waals surface area contributed by atoms with Gasteiger partial charge in [-0.3, -0.25) is 4.79 Å². The minimum Gasteiger partial charge on any atom is -0.376 e. The molecule has 1 heterocycles. The first kappa shape index (κ1) is 20.7. The maximum atomic E-state index is 12.7. The zero-order valence-corrected chi connectivity index (χ0v) is 16.8. The Labute approximate surface area is 157 Å². The van der Waals surface area contributed by atoms with Crippen molar-refractivity contribution in [2.75, 3.05) is 25.0 Å². The minimum absolute atomic E-state index is 0.0764. The highest BCUT2D eigenvalue weighted by Crippen LogP contribution is 2.21. The van der Waals surface area contributed by atoms with E-state index in [1.807, 2.05) is 6.92 Å². The minimum atomic E-state index is -3.43. The van der Waals surface area contributed by atoms with E-state index in [9.17, 15) is 13.2 Å². The number of benzene rings is 1. The van der Waals surface area contributed by atoms with Gasteiger partial charge in [0.2, 0.25) is 15.9 Å². The Morgan fingerprint density at radius 2 is 1.62 bits per heavy atom. The molecule has 26 heavy (non-hydrogen) atoms. The van der Waals surface area contributed by atoms with Crippen LogP contribution in [0.1, 0.15) is 46.5 Å². The standard InChI is InChI=1S/C19H31N3O3S/c1-15(2)16(3)21-19(23)14-20-17-8-10-18(11-9-17)26(24,25)22-12-6-4-5-7-13-22/h8-11,15-16,20H,4-7,12-14H2,1-3H3,(H,21,23). The number of anilines is 1. The average Bonchev–Trinajstić information content (AvgIpc) is 2.90. The summed E-state index contributed by atoms with van der Waals surface area (Å²) in [5, 5.41) is 5.97. The molecule has 0 saturated carbocycles. The van der Waals surface area contributed by atoms with Crippen LogP contribution in [0, 0.1) is 5.92 Å². The third-order valence-corrected chi connectivity index (χ3v) is 6.81. The van der Waals surface area contributed by atoms with Gasteiger partial charge in [-0.1, -0.05) is 26.7 Å². The van der Waals surface area contributed by atoms with Crippen molar-refractivity contribution in [1.82, 2.24) is 9.62 Å². The van der Waals surface area contributed by atoms with E-state index in [4.69, 9.17) is 0 Å². The summed E-state index contributed by atoms with van der Waals surface area (Å²) in [5.74, 6) is 0.301. The van der Waals surface area contributed by atoms with Crippen molar-refractivity contribution in [2.45, 2.75) is 57.4 Å². The van der Waals surface area contributed by atoms with E-state index in [1.165, 1.54) is 0 Å². The second kappa shape index (κ2) is 9.37. The molecule has 1 aliphatic heterocycles. The monoisotopic (exact) mass is 381 g/mol. The summed E-state index contributed by atoms with van der Waals surface area (Å²) in [6, 6.07) is 6.76. The molecule has 1 unspecified atom stereocenters. The van der Waals surface area contributed by atoms with Crippen LogP contribution in [-0.4, -0.2) is 44.3 Å². The number of carbonyl (C=O) groups excluding carboxylic acids is 1. The van der Waals surface area contributed by atoms with Gasteiger partial charge in [0.15, 0.2) is 0 Å². The van der Waals surface area contributed by atoms with E-state index >= 15 is 0 Å². The van der Waals surface area contributed by atoms with Crippen molar-refractivity contribution in [3.63, 3.8) is 0 Å². The lowest BCUT2D eigenvalue weighted by Crippen LogP contribution is -2.39. The molecule has 146 valence electrons. The fraction of sp³-hybridized carbons (Fsp3) is 0.632. The highest BCUT2D eigenvalue weighted by atomic mass is 32.2. The molecule has 1 atom stereocenters. The van der Waals surface area contributed by atoms with Crippen LogP contribution in [-0.2, 0) is 14.8 Å². The van der Waals surface area contributed by atoms with Crippen LogP contribution in [0.4, 0.5) is 5.69 Å². The fourth-order valence-electron chi connectivity index (χ4n) is 2.83. The van der Waals surface area contributed by atoms with Crippen molar-refractivity contribution < 1.29 is 13.2 Å². The molecule has 1 saturated heterocycles. The van der Waals surface area contributed by atoms with E-state index in [2.05, 4.69) is 24.5 Å². The quantitative estimate of drug-likeness (QED) is 0.761. The Bertz CT molecular complexity index is 678. The first-order chi connectivity index (χ1) is 12.3. The summed E-state index contributed by atoms with van der Waals surface area (Å²) in [4.78, 5) is 12.2. The Hall–Kier alpha value is -1.60. The molecule has 2 rings (SSSR count). The molecule has 1 aromatic carbocycles. The normalized spacial score (nSPS) is 17.5. The maximum absolute atomic E-state index is 12.7. The molecule has 0 aromatic heterocycles. The predicted molar refractivity (Wildman–Crippen MR) is 105 cm³/mol. The molecular weight excluding hydrogens is 350 g/mol. The summed E-state index contributed by atoms with van der Waals surface area (Å²) >= 11 is 0. The van der Waals surface area contributed by atoms with E-state index in [-0.39, 0.29) is 18.5 Å². The van der Waals surface area contributed by atoms with Gasteiger partial charge in [-0.15, -0.1) is 0 Å². The summed E-state index contributed by atoms with van der Waals surface area (Å²) in [6.45, 7) is 7.44. The third kappa shape index (κ3) is 5.71. The number of nitrogens with zero attached hydrogens (tertiary/aromatic N) is 1. The SMILES string of the molecule is CC(C)C(C)NC(=O)CNc1ccc(S(=O)(=O)N2CCCCCC2)cc1. The number of sulfonamides is 1. The summed E-state index contributed by atoms with van der Waals surface area (Å²) in [7, 11) is -3.43. The number of rotatable bonds is 7. The van der Waals surface area contributed by atoms with Crippen LogP contribution in [0.2, 0.25) is 0 Å². The van der Waals surface area contributed by atoms with E-state index in [0.29, 0.717) is 23.9 Å². The lowest BCUT2D eigenvalue weighted by Gasteiger charge is -2.20. The van der Waals surface area contributed by atoms with Gasteiger partial charge in [0.05, 0.1) is 11.4 Å². The molecule has 0 aliphatic carbocycles. The number of hydrogen-bond acceptors (Lipinski definition) is 4. The molecular formula is C19H31N3O3S. The van der Waals surface area contributed by atoms with Gasteiger partial charge in [-0.05, 0) is 49.9 Å². The first-order valence-electron chi connectivity index (χ1n) is 9.44. The van der Waals surface area contributed by atoms with Crippen molar-refractivity contribution in [1.29, 1.82) is 0 Å². The average molecular weight is 382 g/mol. The van der Waals surface area contributed by atoms with Gasteiger partial charge in [0.1, 0.15) is 0 Å². The van der Waals surface area contributed by atoms with Crippen LogP contribution in [0.15, 0.2) is 29.2 Å². The fourth-order valence-corrected chi connectivity index (χ4v) is 4.35. The summed E-state index contributed by atoms with van der Waals surface area (Å²) in [6.07, 6.45) is 4.02. The highest BCUT2D eigenvalue weighted by molar-refractivity contribution is 7.89. The molecule has 0 spiro atoms. The lowest BCUT2D eigenvalue weighted by atomic mass is 10.1.